The van der Waals surface area contributed by atoms with Gasteiger partial charge in [0.15, 0.2) is 16.4 Å². The summed E-state index contributed by atoms with van der Waals surface area (Å²) in [7, 11) is -3.02. The van der Waals surface area contributed by atoms with Gasteiger partial charge in [0.2, 0.25) is 0 Å². The van der Waals surface area contributed by atoms with E-state index in [0.717, 1.165) is 5.39 Å². The molecule has 1 atom stereocenters. The maximum Gasteiger partial charge on any atom is 0.258 e. The molecule has 2 aromatic rings. The summed E-state index contributed by atoms with van der Waals surface area (Å²) in [5, 5.41) is 3.98. The molecule has 8 heteroatoms. The molecule has 0 saturated carbocycles. The zero-order valence-electron chi connectivity index (χ0n) is 12.2. The van der Waals surface area contributed by atoms with Crippen LogP contribution in [0.25, 0.3) is 10.9 Å². The summed E-state index contributed by atoms with van der Waals surface area (Å²) in [6, 6.07) is 6.59. The lowest BCUT2D eigenvalue weighted by Gasteiger charge is -2.12. The number of amides is 1. The van der Waals surface area contributed by atoms with E-state index in [1.165, 1.54) is 0 Å². The van der Waals surface area contributed by atoms with Crippen LogP contribution in [-0.4, -0.2) is 43.5 Å². The first-order valence-electron chi connectivity index (χ1n) is 7.10. The van der Waals surface area contributed by atoms with Crippen LogP contribution in [0.3, 0.4) is 0 Å². The molecule has 0 bridgehead atoms. The fourth-order valence-corrected chi connectivity index (χ4v) is 4.44. The maximum absolute atomic E-state index is 11.9. The van der Waals surface area contributed by atoms with Crippen LogP contribution >= 0.6 is 11.6 Å². The van der Waals surface area contributed by atoms with Gasteiger partial charge in [0.25, 0.3) is 5.91 Å². The van der Waals surface area contributed by atoms with E-state index in [9.17, 15) is 13.2 Å². The van der Waals surface area contributed by atoms with Gasteiger partial charge in [-0.2, -0.15) is 0 Å². The van der Waals surface area contributed by atoms with Crippen molar-refractivity contribution in [2.75, 3.05) is 18.1 Å². The van der Waals surface area contributed by atoms with E-state index in [4.69, 9.17) is 16.3 Å². The number of halogens is 1. The van der Waals surface area contributed by atoms with E-state index in [1.807, 2.05) is 6.07 Å². The van der Waals surface area contributed by atoms with Gasteiger partial charge in [0.1, 0.15) is 11.3 Å². The summed E-state index contributed by atoms with van der Waals surface area (Å²) in [5.41, 5.74) is 0.580. The average molecular weight is 355 g/mol. The van der Waals surface area contributed by atoms with Crippen LogP contribution in [0.2, 0.25) is 5.02 Å². The molecule has 1 aliphatic rings. The van der Waals surface area contributed by atoms with Crippen LogP contribution < -0.4 is 10.1 Å². The number of hydrogen-bond donors (Lipinski definition) is 1. The number of fused-ring (bicyclic) bond motifs is 1. The third-order valence-electron chi connectivity index (χ3n) is 3.64. The molecule has 1 fully saturated rings. The molecule has 2 heterocycles. The first-order valence-corrected chi connectivity index (χ1v) is 9.30. The normalized spacial score (nSPS) is 19.6. The Morgan fingerprint density at radius 1 is 1.39 bits per heavy atom. The highest BCUT2D eigenvalue weighted by molar-refractivity contribution is 7.91. The Hall–Kier alpha value is -1.86. The first-order chi connectivity index (χ1) is 10.9. The van der Waals surface area contributed by atoms with Crippen molar-refractivity contribution in [1.29, 1.82) is 0 Å². The number of rotatable bonds is 4. The molecule has 122 valence electrons. The third-order valence-corrected chi connectivity index (χ3v) is 5.73. The number of carbonyl (C=O) groups is 1. The summed E-state index contributed by atoms with van der Waals surface area (Å²) >= 11 is 6.10. The lowest BCUT2D eigenvalue weighted by Crippen LogP contribution is -2.38. The highest BCUT2D eigenvalue weighted by Gasteiger charge is 2.28. The minimum absolute atomic E-state index is 0.00975. The van der Waals surface area contributed by atoms with Crippen molar-refractivity contribution >= 4 is 38.2 Å². The molecule has 3 rings (SSSR count). The van der Waals surface area contributed by atoms with Gasteiger partial charge in [0, 0.05) is 17.6 Å². The van der Waals surface area contributed by atoms with Gasteiger partial charge in [0.05, 0.1) is 16.5 Å². The van der Waals surface area contributed by atoms with Gasteiger partial charge in [-0.05, 0) is 30.7 Å². The van der Waals surface area contributed by atoms with E-state index < -0.39 is 9.84 Å². The predicted molar refractivity (Wildman–Crippen MR) is 87.4 cm³/mol. The Balaban J connectivity index is 1.65. The number of sulfone groups is 1. The Kier molecular flexibility index (Phi) is 4.41. The van der Waals surface area contributed by atoms with E-state index in [-0.39, 0.29) is 30.1 Å². The molecule has 1 N–H and O–H groups in total. The molecule has 23 heavy (non-hydrogen) atoms. The molecular weight excluding hydrogens is 340 g/mol. The fraction of sp³-hybridized carbons (Fsp3) is 0.333. The van der Waals surface area contributed by atoms with Crippen LogP contribution in [-0.2, 0) is 14.6 Å². The lowest BCUT2D eigenvalue weighted by atomic mass is 10.2. The molecule has 1 aromatic heterocycles. The molecule has 0 unspecified atom stereocenters. The van der Waals surface area contributed by atoms with Crippen molar-refractivity contribution in [3.8, 4) is 5.75 Å². The van der Waals surface area contributed by atoms with Gasteiger partial charge < -0.3 is 10.1 Å². The number of carbonyl (C=O) groups excluding carboxylic acids is 1. The summed E-state index contributed by atoms with van der Waals surface area (Å²) in [6.07, 6.45) is 2.06. The topological polar surface area (TPSA) is 85.4 Å². The van der Waals surface area contributed by atoms with Gasteiger partial charge in [-0.1, -0.05) is 11.6 Å². The number of benzene rings is 1. The van der Waals surface area contributed by atoms with Crippen LogP contribution in [0.15, 0.2) is 30.5 Å². The largest absolute Gasteiger partial charge is 0.481 e. The van der Waals surface area contributed by atoms with E-state index in [1.54, 1.807) is 24.4 Å². The maximum atomic E-state index is 11.9. The van der Waals surface area contributed by atoms with Gasteiger partial charge >= 0.3 is 0 Å². The molecular formula is C15H15ClN2O4S. The first kappa shape index (κ1) is 16.0. The van der Waals surface area contributed by atoms with Gasteiger partial charge in [-0.15, -0.1) is 0 Å². The van der Waals surface area contributed by atoms with Crippen LogP contribution in [0.5, 0.6) is 5.75 Å². The SMILES string of the molecule is O=C(COc1ccc(Cl)c2cccnc12)N[C@H]1CCS(=O)(=O)C1. The zero-order valence-corrected chi connectivity index (χ0v) is 13.7. The second-order valence-corrected chi connectivity index (χ2v) is 8.04. The molecule has 0 spiro atoms. The Morgan fingerprint density at radius 3 is 2.96 bits per heavy atom. The van der Waals surface area contributed by atoms with Crippen molar-refractivity contribution in [2.45, 2.75) is 12.5 Å². The molecule has 1 saturated heterocycles. The van der Waals surface area contributed by atoms with Gasteiger partial charge in [-0.25, -0.2) is 8.42 Å². The molecule has 6 nitrogen and oxygen atoms in total. The summed E-state index contributed by atoms with van der Waals surface area (Å²) in [6.45, 7) is -0.205. The Bertz CT molecular complexity index is 854. The number of nitrogens with one attached hydrogen (secondary N) is 1. The van der Waals surface area contributed by atoms with Crippen LogP contribution in [0.1, 0.15) is 6.42 Å². The molecule has 1 amide bonds. The standard InChI is InChI=1S/C15H15ClN2O4S/c16-12-3-4-13(15-11(12)2-1-6-17-15)22-8-14(19)18-10-5-7-23(20,21)9-10/h1-4,6,10H,5,7-9H2,(H,18,19)/t10-/m0/s1. The molecule has 0 aliphatic carbocycles. The molecule has 1 aliphatic heterocycles. The lowest BCUT2D eigenvalue weighted by molar-refractivity contribution is -0.123. The molecule has 1 aromatic carbocycles. The fourth-order valence-electron chi connectivity index (χ4n) is 2.55. The average Bonchev–Trinajstić information content (AvgIpc) is 2.86. The summed E-state index contributed by atoms with van der Waals surface area (Å²) in [4.78, 5) is 16.1. The summed E-state index contributed by atoms with van der Waals surface area (Å²) in [5.74, 6) is 0.208. The van der Waals surface area contributed by atoms with E-state index in [0.29, 0.717) is 22.7 Å². The predicted octanol–water partition coefficient (Wildman–Crippen LogP) is 1.57. The van der Waals surface area contributed by atoms with E-state index >= 15 is 0 Å². The number of nitrogens with zero attached hydrogens (tertiary/aromatic N) is 1. The monoisotopic (exact) mass is 354 g/mol. The van der Waals surface area contributed by atoms with Crippen molar-refractivity contribution < 1.29 is 17.9 Å². The highest BCUT2D eigenvalue weighted by atomic mass is 35.5. The number of ether oxygens (including phenoxy) is 1. The van der Waals surface area contributed by atoms with Crippen LogP contribution in [0, 0.1) is 0 Å². The Labute approximate surface area is 138 Å². The minimum Gasteiger partial charge on any atom is -0.481 e. The number of aromatic nitrogens is 1. The quantitative estimate of drug-likeness (QED) is 0.900. The highest BCUT2D eigenvalue weighted by Crippen LogP contribution is 2.29. The second-order valence-electron chi connectivity index (χ2n) is 5.40. The third kappa shape index (κ3) is 3.73. The summed E-state index contributed by atoms with van der Waals surface area (Å²) < 4.78 is 28.3. The van der Waals surface area contributed by atoms with Gasteiger partial charge in [-0.3, -0.25) is 9.78 Å². The van der Waals surface area contributed by atoms with Crippen molar-refractivity contribution in [2.24, 2.45) is 0 Å². The minimum atomic E-state index is -3.02. The molecule has 0 radical (unpaired) electrons. The van der Waals surface area contributed by atoms with Crippen molar-refractivity contribution in [1.82, 2.24) is 10.3 Å². The smallest absolute Gasteiger partial charge is 0.258 e. The van der Waals surface area contributed by atoms with Crippen LogP contribution in [0.4, 0.5) is 0 Å². The number of pyridine rings is 1. The number of hydrogen-bond acceptors (Lipinski definition) is 5. The van der Waals surface area contributed by atoms with Crippen molar-refractivity contribution in [3.63, 3.8) is 0 Å². The zero-order chi connectivity index (χ0) is 16.4. The second kappa shape index (κ2) is 6.33. The Morgan fingerprint density at radius 2 is 2.22 bits per heavy atom. The van der Waals surface area contributed by atoms with Crippen molar-refractivity contribution in [3.05, 3.63) is 35.5 Å². The van der Waals surface area contributed by atoms with E-state index in [2.05, 4.69) is 10.3 Å².